The number of hydrogen-bond acceptors (Lipinski definition) is 2. The lowest BCUT2D eigenvalue weighted by molar-refractivity contribution is 0.231. The molecule has 1 rings (SSSR count). The third-order valence-electron chi connectivity index (χ3n) is 2.14. The zero-order valence-corrected chi connectivity index (χ0v) is 10.9. The van der Waals surface area contributed by atoms with Crippen LogP contribution in [-0.2, 0) is 0 Å². The number of hydrogen-bond donors (Lipinski definition) is 1. The van der Waals surface area contributed by atoms with Crippen molar-refractivity contribution in [2.24, 2.45) is 0 Å². The number of aliphatic hydroxyl groups is 1. The summed E-state index contributed by atoms with van der Waals surface area (Å²) in [5.41, 5.74) is 1.04. The molecule has 0 radical (unpaired) electrons. The van der Waals surface area contributed by atoms with E-state index in [2.05, 4.69) is 15.9 Å². The maximum atomic E-state index is 9.17. The van der Waals surface area contributed by atoms with E-state index in [4.69, 9.17) is 9.84 Å². The molecule has 0 saturated carbocycles. The maximum absolute atomic E-state index is 9.17. The highest BCUT2D eigenvalue weighted by Gasteiger charge is 2.12. The molecule has 0 aliphatic rings. The van der Waals surface area contributed by atoms with Crippen molar-refractivity contribution in [3.8, 4) is 5.75 Å². The second-order valence-corrected chi connectivity index (χ2v) is 4.85. The van der Waals surface area contributed by atoms with Gasteiger partial charge in [-0.15, -0.1) is 0 Å². The van der Waals surface area contributed by atoms with Gasteiger partial charge < -0.3 is 9.84 Å². The Balaban J connectivity index is 3.02. The summed E-state index contributed by atoms with van der Waals surface area (Å²) in [4.78, 5) is 0. The summed E-state index contributed by atoms with van der Waals surface area (Å²) in [5, 5.41) is 9.17. The Labute approximate surface area is 99.4 Å². The van der Waals surface area contributed by atoms with Gasteiger partial charge in [0.1, 0.15) is 5.75 Å². The van der Waals surface area contributed by atoms with Gasteiger partial charge in [0.05, 0.1) is 6.10 Å². The van der Waals surface area contributed by atoms with Gasteiger partial charge in [0.15, 0.2) is 0 Å². The van der Waals surface area contributed by atoms with Crippen LogP contribution in [0.1, 0.15) is 32.3 Å². The van der Waals surface area contributed by atoms with Crippen LogP contribution in [0, 0.1) is 0 Å². The fourth-order valence-corrected chi connectivity index (χ4v) is 1.74. The first-order chi connectivity index (χ1) is 7.04. The van der Waals surface area contributed by atoms with Crippen LogP contribution in [0.4, 0.5) is 0 Å². The van der Waals surface area contributed by atoms with Crippen LogP contribution >= 0.6 is 15.9 Å². The average Bonchev–Trinajstić information content (AvgIpc) is 2.19. The van der Waals surface area contributed by atoms with Gasteiger partial charge >= 0.3 is 0 Å². The molecule has 0 spiro atoms. The molecule has 2 nitrogen and oxygen atoms in total. The summed E-state index contributed by atoms with van der Waals surface area (Å²) in [7, 11) is 0. The summed E-state index contributed by atoms with van der Waals surface area (Å²) in [6, 6.07) is 5.88. The SMILES string of the molecule is CC(C)Oc1ccc(Br)cc1C(C)CO. The molecule has 3 heteroatoms. The van der Waals surface area contributed by atoms with E-state index in [-0.39, 0.29) is 18.6 Å². The zero-order valence-electron chi connectivity index (χ0n) is 9.33. The molecule has 1 unspecified atom stereocenters. The molecule has 15 heavy (non-hydrogen) atoms. The standard InChI is InChI=1S/C12H17BrO2/c1-8(2)15-12-5-4-10(13)6-11(12)9(3)7-14/h4-6,8-9,14H,7H2,1-3H3. The minimum absolute atomic E-state index is 0.0937. The molecule has 0 aliphatic carbocycles. The van der Waals surface area contributed by atoms with E-state index in [1.165, 1.54) is 0 Å². The number of benzene rings is 1. The quantitative estimate of drug-likeness (QED) is 0.911. The van der Waals surface area contributed by atoms with E-state index in [9.17, 15) is 0 Å². The van der Waals surface area contributed by atoms with Crippen LogP contribution in [0.5, 0.6) is 5.75 Å². The maximum Gasteiger partial charge on any atom is 0.123 e. The Morgan fingerprint density at radius 1 is 1.33 bits per heavy atom. The Morgan fingerprint density at radius 3 is 2.53 bits per heavy atom. The van der Waals surface area contributed by atoms with Crippen LogP contribution in [-0.4, -0.2) is 17.8 Å². The Morgan fingerprint density at radius 2 is 2.00 bits per heavy atom. The number of halogens is 1. The summed E-state index contributed by atoms with van der Waals surface area (Å²) >= 11 is 3.42. The third-order valence-corrected chi connectivity index (χ3v) is 2.63. The molecule has 0 saturated heterocycles. The molecular weight excluding hydrogens is 256 g/mol. The largest absolute Gasteiger partial charge is 0.491 e. The fourth-order valence-electron chi connectivity index (χ4n) is 1.36. The van der Waals surface area contributed by atoms with Crippen LogP contribution in [0.3, 0.4) is 0 Å². The van der Waals surface area contributed by atoms with Crippen molar-refractivity contribution in [1.29, 1.82) is 0 Å². The minimum Gasteiger partial charge on any atom is -0.491 e. The second-order valence-electron chi connectivity index (χ2n) is 3.93. The van der Waals surface area contributed by atoms with Crippen molar-refractivity contribution in [1.82, 2.24) is 0 Å². The van der Waals surface area contributed by atoms with Crippen molar-refractivity contribution in [3.63, 3.8) is 0 Å². The molecule has 0 aliphatic heterocycles. The molecule has 1 aromatic carbocycles. The van der Waals surface area contributed by atoms with E-state index < -0.39 is 0 Å². The first-order valence-corrected chi connectivity index (χ1v) is 5.91. The van der Waals surface area contributed by atoms with Crippen molar-refractivity contribution in [2.75, 3.05) is 6.61 Å². The monoisotopic (exact) mass is 272 g/mol. The fraction of sp³-hybridized carbons (Fsp3) is 0.500. The minimum atomic E-state index is 0.0937. The highest BCUT2D eigenvalue weighted by atomic mass is 79.9. The van der Waals surface area contributed by atoms with Gasteiger partial charge in [-0.25, -0.2) is 0 Å². The van der Waals surface area contributed by atoms with Gasteiger partial charge in [-0.2, -0.15) is 0 Å². The van der Waals surface area contributed by atoms with Gasteiger partial charge in [0, 0.05) is 22.6 Å². The van der Waals surface area contributed by atoms with E-state index in [0.717, 1.165) is 15.8 Å². The van der Waals surface area contributed by atoms with E-state index in [1.54, 1.807) is 0 Å². The van der Waals surface area contributed by atoms with Crippen LogP contribution in [0.25, 0.3) is 0 Å². The van der Waals surface area contributed by atoms with Crippen molar-refractivity contribution in [3.05, 3.63) is 28.2 Å². The average molecular weight is 273 g/mol. The second kappa shape index (κ2) is 5.52. The van der Waals surface area contributed by atoms with Crippen molar-refractivity contribution >= 4 is 15.9 Å². The summed E-state index contributed by atoms with van der Waals surface area (Å²) < 4.78 is 6.70. The van der Waals surface area contributed by atoms with Crippen LogP contribution < -0.4 is 4.74 Å². The van der Waals surface area contributed by atoms with Crippen LogP contribution in [0.15, 0.2) is 22.7 Å². The van der Waals surface area contributed by atoms with Crippen molar-refractivity contribution < 1.29 is 9.84 Å². The number of rotatable bonds is 4. The van der Waals surface area contributed by atoms with Gasteiger partial charge in [0.25, 0.3) is 0 Å². The Kier molecular flexibility index (Phi) is 4.61. The zero-order chi connectivity index (χ0) is 11.4. The highest BCUT2D eigenvalue weighted by Crippen LogP contribution is 2.30. The Bertz CT molecular complexity index is 323. The molecule has 1 atom stereocenters. The summed E-state index contributed by atoms with van der Waals surface area (Å²) in [5.74, 6) is 0.950. The van der Waals surface area contributed by atoms with Gasteiger partial charge in [-0.05, 0) is 32.0 Å². The van der Waals surface area contributed by atoms with Crippen LogP contribution in [0.2, 0.25) is 0 Å². The Hall–Kier alpha value is -0.540. The van der Waals surface area contributed by atoms with Gasteiger partial charge in [0.2, 0.25) is 0 Å². The molecule has 84 valence electrons. The summed E-state index contributed by atoms with van der Waals surface area (Å²) in [6.45, 7) is 6.10. The first kappa shape index (κ1) is 12.5. The summed E-state index contributed by atoms with van der Waals surface area (Å²) in [6.07, 6.45) is 0.149. The number of ether oxygens (including phenoxy) is 1. The number of aliphatic hydroxyl groups excluding tert-OH is 1. The lowest BCUT2D eigenvalue weighted by atomic mass is 10.0. The smallest absolute Gasteiger partial charge is 0.123 e. The molecule has 0 aromatic heterocycles. The molecule has 0 fully saturated rings. The van der Waals surface area contributed by atoms with E-state index in [1.807, 2.05) is 39.0 Å². The lowest BCUT2D eigenvalue weighted by Gasteiger charge is -2.17. The molecule has 0 amide bonds. The molecular formula is C12H17BrO2. The highest BCUT2D eigenvalue weighted by molar-refractivity contribution is 9.10. The molecule has 0 bridgehead atoms. The first-order valence-electron chi connectivity index (χ1n) is 5.11. The van der Waals surface area contributed by atoms with Gasteiger partial charge in [-0.3, -0.25) is 0 Å². The normalized spacial score (nSPS) is 12.9. The van der Waals surface area contributed by atoms with E-state index >= 15 is 0 Å². The topological polar surface area (TPSA) is 29.5 Å². The van der Waals surface area contributed by atoms with E-state index in [0.29, 0.717) is 0 Å². The molecule has 0 heterocycles. The van der Waals surface area contributed by atoms with Gasteiger partial charge in [-0.1, -0.05) is 22.9 Å². The predicted molar refractivity (Wildman–Crippen MR) is 65.4 cm³/mol. The molecule has 1 N–H and O–H groups in total. The predicted octanol–water partition coefficient (Wildman–Crippen LogP) is 3.33. The third kappa shape index (κ3) is 3.50. The lowest BCUT2D eigenvalue weighted by Crippen LogP contribution is -2.09. The van der Waals surface area contributed by atoms with Crippen molar-refractivity contribution in [2.45, 2.75) is 32.8 Å². The molecule has 1 aromatic rings.